The normalized spacial score (nSPS) is 10.9. The molecule has 26 heavy (non-hydrogen) atoms. The highest BCUT2D eigenvalue weighted by atomic mass is 35.5. The largest absolute Gasteiger partial charge is 0.325 e. The molecule has 0 fully saturated rings. The second-order valence-electron chi connectivity index (χ2n) is 5.17. The first kappa shape index (κ1) is 18.2. The van der Waals surface area contributed by atoms with Crippen molar-refractivity contribution < 1.29 is 13.6 Å². The fraction of sp³-hybridized carbons (Fsp3) is 0.118. The monoisotopic (exact) mass is 392 g/mol. The van der Waals surface area contributed by atoms with Crippen molar-refractivity contribution in [2.75, 3.05) is 11.1 Å². The van der Waals surface area contributed by atoms with Gasteiger partial charge in [-0.05, 0) is 30.3 Å². The summed E-state index contributed by atoms with van der Waals surface area (Å²) in [7, 11) is 0. The maximum Gasteiger partial charge on any atom is 0.321 e. The molecule has 2 aromatic carbocycles. The number of nitriles is 1. The minimum Gasteiger partial charge on any atom is -0.325 e. The lowest BCUT2D eigenvalue weighted by Crippen LogP contribution is -2.14. The van der Waals surface area contributed by atoms with Crippen LogP contribution in [0.25, 0.3) is 11.0 Å². The number of thioether (sulfide) groups is 1. The lowest BCUT2D eigenvalue weighted by molar-refractivity contribution is -0.113. The third kappa shape index (κ3) is 3.79. The summed E-state index contributed by atoms with van der Waals surface area (Å²) >= 11 is 6.83. The molecule has 1 amide bonds. The van der Waals surface area contributed by atoms with Crippen LogP contribution in [0.15, 0.2) is 47.6 Å². The zero-order chi connectivity index (χ0) is 18.7. The number of nitrogens with zero attached hydrogens (tertiary/aromatic N) is 3. The number of benzene rings is 2. The molecule has 1 N–H and O–H groups in total. The molecule has 132 valence electrons. The van der Waals surface area contributed by atoms with E-state index in [0.29, 0.717) is 22.3 Å². The van der Waals surface area contributed by atoms with Gasteiger partial charge in [0.2, 0.25) is 5.91 Å². The topological polar surface area (TPSA) is 70.7 Å². The molecule has 5 nitrogen and oxygen atoms in total. The fourth-order valence-electron chi connectivity index (χ4n) is 2.32. The quantitative estimate of drug-likeness (QED) is 0.639. The first-order chi connectivity index (χ1) is 12.5. The van der Waals surface area contributed by atoms with Crippen molar-refractivity contribution in [3.8, 4) is 6.07 Å². The van der Waals surface area contributed by atoms with Gasteiger partial charge in [-0.25, -0.2) is 4.98 Å². The maximum atomic E-state index is 13.3. The molecule has 3 aromatic rings. The molecule has 0 bridgehead atoms. The van der Waals surface area contributed by atoms with Crippen molar-refractivity contribution in [1.82, 2.24) is 9.55 Å². The van der Waals surface area contributed by atoms with Crippen LogP contribution in [0, 0.1) is 11.3 Å². The average molecular weight is 393 g/mol. The molecule has 0 radical (unpaired) electrons. The Morgan fingerprint density at radius 2 is 2.12 bits per heavy atom. The number of nitrogens with one attached hydrogen (secondary N) is 1. The van der Waals surface area contributed by atoms with Crippen molar-refractivity contribution >= 4 is 46.0 Å². The van der Waals surface area contributed by atoms with Crippen molar-refractivity contribution in [2.24, 2.45) is 0 Å². The van der Waals surface area contributed by atoms with E-state index in [0.717, 1.165) is 16.3 Å². The fourth-order valence-corrected chi connectivity index (χ4v) is 3.36. The van der Waals surface area contributed by atoms with Crippen molar-refractivity contribution in [2.45, 2.75) is 11.7 Å². The number of para-hydroxylation sites is 2. The summed E-state index contributed by atoms with van der Waals surface area (Å²) in [5.74, 6) is -0.503. The van der Waals surface area contributed by atoms with Gasteiger partial charge in [0.15, 0.2) is 5.16 Å². The van der Waals surface area contributed by atoms with Crippen LogP contribution in [0.2, 0.25) is 5.02 Å². The molecule has 9 heteroatoms. The van der Waals surface area contributed by atoms with E-state index >= 15 is 0 Å². The molecule has 0 unspecified atom stereocenters. The number of imidazole rings is 1. The zero-order valence-corrected chi connectivity index (χ0v) is 14.7. The Labute approximate surface area is 156 Å². The number of halogens is 3. The molecular formula is C17H11ClF2N4OS. The van der Waals surface area contributed by atoms with Crippen molar-refractivity contribution in [3.63, 3.8) is 0 Å². The van der Waals surface area contributed by atoms with E-state index in [9.17, 15) is 13.6 Å². The molecule has 0 saturated carbocycles. The second kappa shape index (κ2) is 7.72. The van der Waals surface area contributed by atoms with E-state index in [4.69, 9.17) is 16.9 Å². The van der Waals surface area contributed by atoms with Crippen molar-refractivity contribution in [3.05, 3.63) is 53.1 Å². The smallest absolute Gasteiger partial charge is 0.321 e. The molecule has 0 aliphatic heterocycles. The van der Waals surface area contributed by atoms with Crippen LogP contribution in [0.1, 0.15) is 12.1 Å². The minimum atomic E-state index is -2.76. The number of alkyl halides is 2. The Morgan fingerprint density at radius 3 is 2.81 bits per heavy atom. The van der Waals surface area contributed by atoms with Crippen LogP contribution in [-0.2, 0) is 4.79 Å². The first-order valence-electron chi connectivity index (χ1n) is 7.37. The summed E-state index contributed by atoms with van der Waals surface area (Å²) in [4.78, 5) is 16.2. The Hall–Kier alpha value is -2.63. The zero-order valence-electron chi connectivity index (χ0n) is 13.1. The molecule has 3 rings (SSSR count). The van der Waals surface area contributed by atoms with Gasteiger partial charge in [-0.2, -0.15) is 14.0 Å². The minimum absolute atomic E-state index is 0.0641. The number of hydrogen-bond donors (Lipinski definition) is 1. The Morgan fingerprint density at radius 1 is 1.35 bits per heavy atom. The van der Waals surface area contributed by atoms with Gasteiger partial charge in [0.25, 0.3) is 0 Å². The molecule has 0 atom stereocenters. The van der Waals surface area contributed by atoms with E-state index in [-0.39, 0.29) is 15.9 Å². The van der Waals surface area contributed by atoms with Gasteiger partial charge in [0, 0.05) is 5.69 Å². The Bertz CT molecular complexity index is 1020. The standard InChI is InChI=1S/C17H11ClF2N4OS/c18-12-7-11(6-5-10(12)8-21)22-15(25)9-26-17-23-13-3-1-2-4-14(13)24(17)16(19)20/h1-7,16H,9H2,(H,22,25). The van der Waals surface area contributed by atoms with Crippen LogP contribution in [0.4, 0.5) is 14.5 Å². The average Bonchev–Trinajstić information content (AvgIpc) is 2.98. The van der Waals surface area contributed by atoms with E-state index in [1.807, 2.05) is 6.07 Å². The van der Waals surface area contributed by atoms with Gasteiger partial charge >= 0.3 is 6.55 Å². The van der Waals surface area contributed by atoms with E-state index in [1.165, 1.54) is 12.1 Å². The molecule has 0 aliphatic rings. The maximum absolute atomic E-state index is 13.3. The molecule has 1 heterocycles. The summed E-state index contributed by atoms with van der Waals surface area (Å²) in [6, 6.07) is 13.0. The third-order valence-electron chi connectivity index (χ3n) is 3.46. The molecule has 1 aromatic heterocycles. The highest BCUT2D eigenvalue weighted by molar-refractivity contribution is 7.99. The Kier molecular flexibility index (Phi) is 5.40. The van der Waals surface area contributed by atoms with Gasteiger partial charge < -0.3 is 5.32 Å². The molecule has 0 spiro atoms. The summed E-state index contributed by atoms with van der Waals surface area (Å²) in [6.45, 7) is -2.76. The third-order valence-corrected chi connectivity index (χ3v) is 4.73. The van der Waals surface area contributed by atoms with Crippen LogP contribution >= 0.6 is 23.4 Å². The van der Waals surface area contributed by atoms with Crippen LogP contribution < -0.4 is 5.32 Å². The lowest BCUT2D eigenvalue weighted by Gasteiger charge is -2.08. The molecule has 0 aliphatic carbocycles. The highest BCUT2D eigenvalue weighted by Crippen LogP contribution is 2.29. The second-order valence-corrected chi connectivity index (χ2v) is 6.52. The van der Waals surface area contributed by atoms with Gasteiger partial charge in [0.1, 0.15) is 6.07 Å². The number of rotatable bonds is 5. The van der Waals surface area contributed by atoms with Crippen LogP contribution in [-0.4, -0.2) is 21.2 Å². The predicted octanol–water partition coefficient (Wildman–Crippen LogP) is 4.69. The predicted molar refractivity (Wildman–Crippen MR) is 96.5 cm³/mol. The van der Waals surface area contributed by atoms with Gasteiger partial charge in [-0.3, -0.25) is 9.36 Å². The number of aromatic nitrogens is 2. The van der Waals surface area contributed by atoms with E-state index < -0.39 is 12.5 Å². The number of fused-ring (bicyclic) bond motifs is 1. The summed E-state index contributed by atoms with van der Waals surface area (Å²) in [5.41, 5.74) is 1.46. The lowest BCUT2D eigenvalue weighted by atomic mass is 10.2. The highest BCUT2D eigenvalue weighted by Gasteiger charge is 2.18. The van der Waals surface area contributed by atoms with E-state index in [1.54, 1.807) is 30.3 Å². The number of hydrogen-bond acceptors (Lipinski definition) is 4. The number of carbonyl (C=O) groups excluding carboxylic acids is 1. The first-order valence-corrected chi connectivity index (χ1v) is 8.73. The summed E-state index contributed by atoms with van der Waals surface area (Å²) in [5, 5.41) is 11.7. The van der Waals surface area contributed by atoms with E-state index in [2.05, 4.69) is 10.3 Å². The number of amides is 1. The van der Waals surface area contributed by atoms with Crippen LogP contribution in [0.3, 0.4) is 0 Å². The van der Waals surface area contributed by atoms with Crippen LogP contribution in [0.5, 0.6) is 0 Å². The Balaban J connectivity index is 1.72. The van der Waals surface area contributed by atoms with Gasteiger partial charge in [-0.15, -0.1) is 0 Å². The number of carbonyl (C=O) groups is 1. The molecule has 0 saturated heterocycles. The summed E-state index contributed by atoms with van der Waals surface area (Å²) in [6.07, 6.45) is 0. The van der Waals surface area contributed by atoms with Gasteiger partial charge in [-0.1, -0.05) is 35.5 Å². The molecular weight excluding hydrogens is 382 g/mol. The van der Waals surface area contributed by atoms with Crippen molar-refractivity contribution in [1.29, 1.82) is 5.26 Å². The summed E-state index contributed by atoms with van der Waals surface area (Å²) < 4.78 is 27.5. The van der Waals surface area contributed by atoms with Gasteiger partial charge in [0.05, 0.1) is 27.4 Å². The SMILES string of the molecule is N#Cc1ccc(NC(=O)CSc2nc3ccccc3n2C(F)F)cc1Cl. The number of anilines is 1.